The van der Waals surface area contributed by atoms with Gasteiger partial charge in [-0.25, -0.2) is 0 Å². The molecule has 176 valence electrons. The predicted octanol–water partition coefficient (Wildman–Crippen LogP) is 3.65. The maximum atomic E-state index is 13.2. The summed E-state index contributed by atoms with van der Waals surface area (Å²) in [5, 5.41) is 0. The van der Waals surface area contributed by atoms with Gasteiger partial charge in [-0.1, -0.05) is 0 Å². The van der Waals surface area contributed by atoms with Crippen LogP contribution in [0.2, 0.25) is 4.31 Å². The number of carbonyl (C=O) groups excluding carboxylic acids is 2. The fourth-order valence-corrected chi connectivity index (χ4v) is 8.74. The van der Waals surface area contributed by atoms with Gasteiger partial charge in [-0.05, 0) is 0 Å². The van der Waals surface area contributed by atoms with Gasteiger partial charge in [0.1, 0.15) is 0 Å². The molecule has 33 heavy (non-hydrogen) atoms. The van der Waals surface area contributed by atoms with Crippen molar-refractivity contribution in [1.82, 2.24) is 0 Å². The molecule has 0 radical (unpaired) electrons. The molecule has 0 aromatic heterocycles. The van der Waals surface area contributed by atoms with Gasteiger partial charge in [-0.3, -0.25) is 0 Å². The van der Waals surface area contributed by atoms with Crippen LogP contribution in [0.15, 0.2) is 71.2 Å². The standard InChI is InChI=1S/C27H32O4Se2/c1-5-30-24(28)27(25(29)31-6-2)17-20(19-32-21-13-9-7-10-14-21)23(18-27)26(3,4)33-22-15-11-8-12-16-22/h7-16,19,23H,5-6,17-18H2,1-4H3/b20-19+. The Morgan fingerprint density at radius 1 is 0.939 bits per heavy atom. The number of rotatable bonds is 9. The molecule has 0 N–H and O–H groups in total. The summed E-state index contributed by atoms with van der Waals surface area (Å²) in [4.78, 5) is 28.7. The SMILES string of the molecule is CCOC(=O)C1(C(=O)OCC)C/C(=C\[Se]c2ccccc2)C(C(C)(C)[Se]c2ccccc2)C1. The second-order valence-electron chi connectivity index (χ2n) is 8.60. The first kappa shape index (κ1) is 25.8. The summed E-state index contributed by atoms with van der Waals surface area (Å²) in [5.74, 6) is -0.809. The molecule has 1 saturated carbocycles. The van der Waals surface area contributed by atoms with Gasteiger partial charge >= 0.3 is 210 Å². The van der Waals surface area contributed by atoms with Gasteiger partial charge in [0.25, 0.3) is 0 Å². The number of esters is 2. The first-order valence-electron chi connectivity index (χ1n) is 11.3. The van der Waals surface area contributed by atoms with Crippen LogP contribution in [0.5, 0.6) is 0 Å². The number of ether oxygens (including phenoxy) is 2. The summed E-state index contributed by atoms with van der Waals surface area (Å²) in [6.45, 7) is 8.58. The van der Waals surface area contributed by atoms with Crippen LogP contribution in [0.25, 0.3) is 0 Å². The maximum absolute atomic E-state index is 13.2. The van der Waals surface area contributed by atoms with Gasteiger partial charge in [0.15, 0.2) is 0 Å². The molecule has 2 aromatic rings. The van der Waals surface area contributed by atoms with E-state index in [1.807, 2.05) is 24.3 Å². The van der Waals surface area contributed by atoms with Crippen LogP contribution in [-0.4, -0.2) is 55.1 Å². The van der Waals surface area contributed by atoms with Gasteiger partial charge in [0.2, 0.25) is 0 Å². The molecule has 0 saturated heterocycles. The molecule has 0 aliphatic heterocycles. The van der Waals surface area contributed by atoms with Crippen LogP contribution in [0.1, 0.15) is 40.5 Å². The minimum atomic E-state index is -1.26. The molecule has 0 amide bonds. The third kappa shape index (κ3) is 6.19. The van der Waals surface area contributed by atoms with E-state index in [1.165, 1.54) is 14.5 Å². The van der Waals surface area contributed by atoms with Gasteiger partial charge in [0.05, 0.1) is 0 Å². The molecular weight excluding hydrogens is 546 g/mol. The Morgan fingerprint density at radius 2 is 1.45 bits per heavy atom. The Balaban J connectivity index is 2.00. The minimum absolute atomic E-state index is 0.0896. The second-order valence-corrected chi connectivity index (χ2v) is 14.2. The summed E-state index contributed by atoms with van der Waals surface area (Å²) in [7, 11) is 0. The van der Waals surface area contributed by atoms with Crippen molar-refractivity contribution in [3.8, 4) is 0 Å². The zero-order chi connectivity index (χ0) is 23.9. The van der Waals surface area contributed by atoms with Crippen molar-refractivity contribution < 1.29 is 19.1 Å². The zero-order valence-corrected chi connectivity index (χ0v) is 23.1. The van der Waals surface area contributed by atoms with Crippen molar-refractivity contribution in [2.45, 2.75) is 44.9 Å². The van der Waals surface area contributed by atoms with Crippen LogP contribution in [0, 0.1) is 11.3 Å². The third-order valence-corrected chi connectivity index (χ3v) is 10.7. The topological polar surface area (TPSA) is 52.6 Å². The summed E-state index contributed by atoms with van der Waals surface area (Å²) in [5.41, 5.74) is -0.0814. The van der Waals surface area contributed by atoms with E-state index in [-0.39, 0.29) is 53.4 Å². The average Bonchev–Trinajstić information content (AvgIpc) is 3.21. The third-order valence-electron chi connectivity index (χ3n) is 5.89. The molecule has 0 heterocycles. The van der Waals surface area contributed by atoms with E-state index in [9.17, 15) is 9.59 Å². The number of benzene rings is 2. The summed E-state index contributed by atoms with van der Waals surface area (Å²) >= 11 is 0.279. The van der Waals surface area contributed by atoms with Crippen LogP contribution < -0.4 is 8.92 Å². The van der Waals surface area contributed by atoms with Gasteiger partial charge in [-0.2, -0.15) is 0 Å². The van der Waals surface area contributed by atoms with Crippen LogP contribution in [0.4, 0.5) is 0 Å². The Kier molecular flexibility index (Phi) is 9.01. The van der Waals surface area contributed by atoms with Crippen molar-refractivity contribution in [1.29, 1.82) is 0 Å². The molecule has 0 spiro atoms. The fraction of sp³-hybridized carbons (Fsp3) is 0.407. The van der Waals surface area contributed by atoms with Gasteiger partial charge in [0, 0.05) is 0 Å². The molecular formula is C27H32O4Se2. The molecule has 1 aliphatic carbocycles. The van der Waals surface area contributed by atoms with Crippen molar-refractivity contribution in [3.05, 3.63) is 71.2 Å². The normalized spacial score (nSPS) is 18.8. The first-order valence-corrected chi connectivity index (χ1v) is 14.9. The number of hydrogen-bond donors (Lipinski definition) is 0. The second kappa shape index (κ2) is 11.5. The molecule has 4 nitrogen and oxygen atoms in total. The van der Waals surface area contributed by atoms with E-state index in [0.29, 0.717) is 12.8 Å². The monoisotopic (exact) mass is 580 g/mol. The van der Waals surface area contributed by atoms with Crippen LogP contribution in [0.3, 0.4) is 0 Å². The van der Waals surface area contributed by atoms with E-state index >= 15 is 0 Å². The van der Waals surface area contributed by atoms with Crippen molar-refractivity contribution in [2.75, 3.05) is 13.2 Å². The summed E-state index contributed by atoms with van der Waals surface area (Å²) in [6, 6.07) is 20.9. The molecule has 1 unspecified atom stereocenters. The van der Waals surface area contributed by atoms with Crippen LogP contribution in [-0.2, 0) is 19.1 Å². The number of hydrogen-bond acceptors (Lipinski definition) is 4. The quantitative estimate of drug-likeness (QED) is 0.259. The Morgan fingerprint density at radius 3 is 1.97 bits per heavy atom. The first-order chi connectivity index (χ1) is 15.8. The molecule has 3 rings (SSSR count). The number of carbonyl (C=O) groups is 2. The Hall–Kier alpha value is -1.84. The zero-order valence-electron chi connectivity index (χ0n) is 19.7. The number of allylic oxidation sites excluding steroid dienone is 1. The summed E-state index contributed by atoms with van der Waals surface area (Å²) < 4.78 is 13.4. The van der Waals surface area contributed by atoms with E-state index in [1.54, 1.807) is 13.8 Å². The Labute approximate surface area is 209 Å². The van der Waals surface area contributed by atoms with Crippen molar-refractivity contribution in [2.24, 2.45) is 11.3 Å². The molecule has 0 bridgehead atoms. The molecule has 1 atom stereocenters. The van der Waals surface area contributed by atoms with Crippen LogP contribution >= 0.6 is 0 Å². The fourth-order valence-electron chi connectivity index (χ4n) is 4.28. The molecule has 1 fully saturated rings. The molecule has 1 aliphatic rings. The van der Waals surface area contributed by atoms with Gasteiger partial charge < -0.3 is 0 Å². The van der Waals surface area contributed by atoms with E-state index in [4.69, 9.17) is 9.47 Å². The molecule has 6 heteroatoms. The van der Waals surface area contributed by atoms with E-state index in [2.05, 4.69) is 55.2 Å². The van der Waals surface area contributed by atoms with Crippen molar-refractivity contribution in [3.63, 3.8) is 0 Å². The molecule has 2 aromatic carbocycles. The van der Waals surface area contributed by atoms with Gasteiger partial charge in [-0.15, -0.1) is 0 Å². The predicted molar refractivity (Wildman–Crippen MR) is 134 cm³/mol. The summed E-state index contributed by atoms with van der Waals surface area (Å²) in [6.07, 6.45) is 0.807. The van der Waals surface area contributed by atoms with Crippen molar-refractivity contribution >= 4 is 50.8 Å². The van der Waals surface area contributed by atoms with E-state index in [0.717, 1.165) is 0 Å². The average molecular weight is 578 g/mol. The van der Waals surface area contributed by atoms with E-state index < -0.39 is 17.4 Å². The Bertz CT molecular complexity index is 952.